The zero-order chi connectivity index (χ0) is 16.0. The van der Waals surface area contributed by atoms with Gasteiger partial charge in [0.1, 0.15) is 5.75 Å². The molecular formula is C15H20ClNO4. The van der Waals surface area contributed by atoms with E-state index in [-0.39, 0.29) is 18.9 Å². The van der Waals surface area contributed by atoms with E-state index >= 15 is 0 Å². The molecule has 2 N–H and O–H groups in total. The summed E-state index contributed by atoms with van der Waals surface area (Å²) in [6.07, 6.45) is 0.344. The molecule has 0 bridgehead atoms. The van der Waals surface area contributed by atoms with Crippen LogP contribution < -0.4 is 10.1 Å². The van der Waals surface area contributed by atoms with Crippen LogP contribution in [0.3, 0.4) is 0 Å². The van der Waals surface area contributed by atoms with E-state index in [0.717, 1.165) is 5.56 Å². The van der Waals surface area contributed by atoms with Gasteiger partial charge in [-0.25, -0.2) is 0 Å². The average Bonchev–Trinajstić information content (AvgIpc) is 2.37. The summed E-state index contributed by atoms with van der Waals surface area (Å²) in [4.78, 5) is 22.4. The van der Waals surface area contributed by atoms with Gasteiger partial charge in [0.2, 0.25) is 0 Å². The maximum absolute atomic E-state index is 11.8. The molecule has 1 rings (SSSR count). The third kappa shape index (κ3) is 6.49. The molecule has 116 valence electrons. The van der Waals surface area contributed by atoms with Crippen LogP contribution in [0.1, 0.15) is 32.3 Å². The maximum atomic E-state index is 11.8. The first-order valence-electron chi connectivity index (χ1n) is 6.61. The molecule has 0 aliphatic carbocycles. The molecule has 0 fully saturated rings. The Bertz CT molecular complexity index is 528. The van der Waals surface area contributed by atoms with Gasteiger partial charge in [-0.15, -0.1) is 0 Å². The summed E-state index contributed by atoms with van der Waals surface area (Å²) in [5.74, 6) is -0.752. The molecule has 0 spiro atoms. The number of benzene rings is 1. The summed E-state index contributed by atoms with van der Waals surface area (Å²) >= 11 is 5.98. The molecule has 0 aliphatic heterocycles. The smallest absolute Gasteiger partial charge is 0.303 e. The van der Waals surface area contributed by atoms with Gasteiger partial charge in [0, 0.05) is 12.0 Å². The van der Waals surface area contributed by atoms with E-state index in [0.29, 0.717) is 17.2 Å². The van der Waals surface area contributed by atoms with Crippen molar-refractivity contribution < 1.29 is 19.4 Å². The molecule has 1 aromatic carbocycles. The molecule has 0 unspecified atom stereocenters. The van der Waals surface area contributed by atoms with Gasteiger partial charge < -0.3 is 15.2 Å². The minimum atomic E-state index is -0.889. The monoisotopic (exact) mass is 313 g/mol. The number of rotatable bonds is 7. The van der Waals surface area contributed by atoms with Gasteiger partial charge in [0.15, 0.2) is 6.61 Å². The van der Waals surface area contributed by atoms with Crippen LogP contribution in [0.15, 0.2) is 18.2 Å². The van der Waals surface area contributed by atoms with E-state index in [9.17, 15) is 9.59 Å². The molecule has 6 heteroatoms. The Morgan fingerprint density at radius 2 is 2.05 bits per heavy atom. The Balaban J connectivity index is 2.50. The number of carbonyl (C=O) groups is 2. The second-order valence-electron chi connectivity index (χ2n) is 5.55. The fourth-order valence-corrected chi connectivity index (χ4v) is 1.93. The molecule has 0 radical (unpaired) electrons. The predicted octanol–water partition coefficient (Wildman–Crippen LogP) is 2.79. The van der Waals surface area contributed by atoms with Gasteiger partial charge in [0.25, 0.3) is 5.91 Å². The summed E-state index contributed by atoms with van der Waals surface area (Å²) in [7, 11) is 0. The van der Waals surface area contributed by atoms with E-state index in [1.165, 1.54) is 0 Å². The molecule has 0 aromatic heterocycles. The normalized spacial score (nSPS) is 11.0. The molecule has 0 aliphatic rings. The Hall–Kier alpha value is -1.75. The van der Waals surface area contributed by atoms with Crippen LogP contribution in [-0.4, -0.2) is 29.1 Å². The maximum Gasteiger partial charge on any atom is 0.303 e. The lowest BCUT2D eigenvalue weighted by atomic mass is 9.98. The fraction of sp³-hybridized carbons (Fsp3) is 0.467. The molecule has 1 aromatic rings. The molecule has 0 saturated heterocycles. The summed E-state index contributed by atoms with van der Waals surface area (Å²) in [5.41, 5.74) is 0.381. The van der Waals surface area contributed by atoms with E-state index in [1.54, 1.807) is 26.0 Å². The number of carboxylic acids is 1. The van der Waals surface area contributed by atoms with Crippen molar-refractivity contribution >= 4 is 23.5 Å². The number of carbonyl (C=O) groups excluding carboxylic acids is 1. The highest BCUT2D eigenvalue weighted by Crippen LogP contribution is 2.25. The second-order valence-corrected chi connectivity index (χ2v) is 5.96. The summed E-state index contributed by atoms with van der Waals surface area (Å²) in [6.45, 7) is 5.28. The standard InChI is InChI=1S/C15H20ClNO4/c1-10-4-5-11(16)12(8-10)21-9-13(18)17-15(2,3)7-6-14(19)20/h4-5,8H,6-7,9H2,1-3H3,(H,17,18)(H,19,20). The number of halogens is 1. The van der Waals surface area contributed by atoms with Gasteiger partial charge in [-0.1, -0.05) is 17.7 Å². The first-order valence-corrected chi connectivity index (χ1v) is 6.99. The van der Waals surface area contributed by atoms with Crippen molar-refractivity contribution in [2.45, 2.75) is 39.2 Å². The Morgan fingerprint density at radius 1 is 1.38 bits per heavy atom. The van der Waals surface area contributed by atoms with Crippen molar-refractivity contribution in [3.8, 4) is 5.75 Å². The van der Waals surface area contributed by atoms with Gasteiger partial charge >= 0.3 is 5.97 Å². The lowest BCUT2D eigenvalue weighted by Gasteiger charge is -2.25. The minimum Gasteiger partial charge on any atom is -0.482 e. The van der Waals surface area contributed by atoms with Gasteiger partial charge in [-0.05, 0) is 44.9 Å². The van der Waals surface area contributed by atoms with Crippen molar-refractivity contribution in [2.75, 3.05) is 6.61 Å². The lowest BCUT2D eigenvalue weighted by Crippen LogP contribution is -2.45. The predicted molar refractivity (Wildman–Crippen MR) is 80.8 cm³/mol. The van der Waals surface area contributed by atoms with Crippen LogP contribution in [0, 0.1) is 6.92 Å². The van der Waals surface area contributed by atoms with Gasteiger partial charge in [-0.3, -0.25) is 9.59 Å². The van der Waals surface area contributed by atoms with Crippen molar-refractivity contribution in [3.63, 3.8) is 0 Å². The SMILES string of the molecule is Cc1ccc(Cl)c(OCC(=O)NC(C)(C)CCC(=O)O)c1. The summed E-state index contributed by atoms with van der Waals surface area (Å²) < 4.78 is 5.39. The topological polar surface area (TPSA) is 75.6 Å². The molecular weight excluding hydrogens is 294 g/mol. The molecule has 5 nitrogen and oxygen atoms in total. The summed E-state index contributed by atoms with van der Waals surface area (Å²) in [5, 5.41) is 11.9. The lowest BCUT2D eigenvalue weighted by molar-refractivity contribution is -0.138. The number of carboxylic acid groups (broad SMARTS) is 1. The van der Waals surface area contributed by atoms with Crippen LogP contribution in [0.2, 0.25) is 5.02 Å². The third-order valence-corrected chi connectivity index (χ3v) is 3.20. The number of ether oxygens (including phenoxy) is 1. The average molecular weight is 314 g/mol. The largest absolute Gasteiger partial charge is 0.482 e. The van der Waals surface area contributed by atoms with Crippen molar-refractivity contribution in [2.24, 2.45) is 0 Å². The highest BCUT2D eigenvalue weighted by Gasteiger charge is 2.21. The van der Waals surface area contributed by atoms with E-state index in [1.807, 2.05) is 13.0 Å². The molecule has 0 heterocycles. The first kappa shape index (κ1) is 17.3. The zero-order valence-electron chi connectivity index (χ0n) is 12.4. The molecule has 21 heavy (non-hydrogen) atoms. The number of aryl methyl sites for hydroxylation is 1. The van der Waals surface area contributed by atoms with Crippen LogP contribution in [-0.2, 0) is 9.59 Å². The highest BCUT2D eigenvalue weighted by molar-refractivity contribution is 6.32. The van der Waals surface area contributed by atoms with Crippen molar-refractivity contribution in [1.82, 2.24) is 5.32 Å². The highest BCUT2D eigenvalue weighted by atomic mass is 35.5. The van der Waals surface area contributed by atoms with E-state index < -0.39 is 11.5 Å². The van der Waals surface area contributed by atoms with E-state index in [2.05, 4.69) is 5.32 Å². The number of hydrogen-bond donors (Lipinski definition) is 2. The molecule has 0 atom stereocenters. The van der Waals surface area contributed by atoms with Crippen LogP contribution in [0.5, 0.6) is 5.75 Å². The Kier molecular flexibility index (Phi) is 6.03. The van der Waals surface area contributed by atoms with Gasteiger partial charge in [0.05, 0.1) is 5.02 Å². The van der Waals surface area contributed by atoms with Crippen LogP contribution >= 0.6 is 11.6 Å². The second kappa shape index (κ2) is 7.31. The quantitative estimate of drug-likeness (QED) is 0.811. The van der Waals surface area contributed by atoms with E-state index in [4.69, 9.17) is 21.4 Å². The van der Waals surface area contributed by atoms with Crippen LogP contribution in [0.25, 0.3) is 0 Å². The van der Waals surface area contributed by atoms with Crippen LogP contribution in [0.4, 0.5) is 0 Å². The first-order chi connectivity index (χ1) is 9.69. The number of aliphatic carboxylic acids is 1. The van der Waals surface area contributed by atoms with Crippen molar-refractivity contribution in [3.05, 3.63) is 28.8 Å². The molecule has 0 saturated carbocycles. The summed E-state index contributed by atoms with van der Waals surface area (Å²) in [6, 6.07) is 5.32. The third-order valence-electron chi connectivity index (χ3n) is 2.89. The zero-order valence-corrected chi connectivity index (χ0v) is 13.2. The van der Waals surface area contributed by atoms with Crippen molar-refractivity contribution in [1.29, 1.82) is 0 Å². The van der Waals surface area contributed by atoms with Gasteiger partial charge in [-0.2, -0.15) is 0 Å². The fourth-order valence-electron chi connectivity index (χ4n) is 1.76. The minimum absolute atomic E-state index is 0.00214. The number of hydrogen-bond acceptors (Lipinski definition) is 3. The Morgan fingerprint density at radius 3 is 2.67 bits per heavy atom. The number of amides is 1. The number of nitrogens with one attached hydrogen (secondary N) is 1. The molecule has 1 amide bonds. The Labute approximate surface area is 129 Å².